The van der Waals surface area contributed by atoms with E-state index in [0.29, 0.717) is 6.54 Å². The quantitative estimate of drug-likeness (QED) is 0.862. The number of hydrogen-bond donors (Lipinski definition) is 2. The zero-order chi connectivity index (χ0) is 14.0. The lowest BCUT2D eigenvalue weighted by atomic mass is 9.88. The summed E-state index contributed by atoms with van der Waals surface area (Å²) in [4.78, 5) is 11.6. The van der Waals surface area contributed by atoms with E-state index in [1.165, 1.54) is 0 Å². The lowest BCUT2D eigenvalue weighted by molar-refractivity contribution is -0.144. The maximum absolute atomic E-state index is 11.6. The van der Waals surface area contributed by atoms with Gasteiger partial charge in [0.25, 0.3) is 0 Å². The molecule has 0 aromatic heterocycles. The second-order valence-electron chi connectivity index (χ2n) is 6.21. The van der Waals surface area contributed by atoms with Crippen LogP contribution in [0.3, 0.4) is 0 Å². The Morgan fingerprint density at radius 1 is 1.17 bits per heavy atom. The summed E-state index contributed by atoms with van der Waals surface area (Å²) >= 11 is 0. The highest BCUT2D eigenvalue weighted by Gasteiger charge is 2.35. The molecule has 2 N–H and O–H groups in total. The Bertz CT molecular complexity index is 417. The van der Waals surface area contributed by atoms with Crippen molar-refractivity contribution in [1.82, 2.24) is 5.32 Å². The Morgan fingerprint density at radius 3 is 2.06 bits per heavy atom. The van der Waals surface area contributed by atoms with E-state index >= 15 is 0 Å². The molecular weight excluding hydrogens is 226 g/mol. The molecule has 1 unspecified atom stereocenters. The molecule has 3 nitrogen and oxygen atoms in total. The summed E-state index contributed by atoms with van der Waals surface area (Å²) in [5.41, 5.74) is 0.912. The molecular formula is C15H23NO2. The van der Waals surface area contributed by atoms with Crippen LogP contribution in [0.1, 0.15) is 38.8 Å². The molecule has 18 heavy (non-hydrogen) atoms. The number of rotatable bonds is 4. The molecule has 1 aromatic carbocycles. The third-order valence-corrected chi connectivity index (χ3v) is 3.03. The Hall–Kier alpha value is -1.35. The Balaban J connectivity index is 3.00. The van der Waals surface area contributed by atoms with Crippen molar-refractivity contribution >= 4 is 5.97 Å². The summed E-state index contributed by atoms with van der Waals surface area (Å²) in [5, 5.41) is 12.7. The van der Waals surface area contributed by atoms with Gasteiger partial charge in [0.15, 0.2) is 0 Å². The van der Waals surface area contributed by atoms with E-state index in [4.69, 9.17) is 0 Å². The molecule has 100 valence electrons. The fourth-order valence-electron chi connectivity index (χ4n) is 1.63. The largest absolute Gasteiger partial charge is 0.480 e. The highest BCUT2D eigenvalue weighted by Crippen LogP contribution is 2.23. The van der Waals surface area contributed by atoms with Gasteiger partial charge in [0, 0.05) is 6.54 Å². The van der Waals surface area contributed by atoms with Crippen LogP contribution in [-0.2, 0) is 10.3 Å². The van der Waals surface area contributed by atoms with Crippen molar-refractivity contribution in [2.24, 2.45) is 5.41 Å². The van der Waals surface area contributed by atoms with Gasteiger partial charge in [-0.05, 0) is 24.8 Å². The molecule has 0 bridgehead atoms. The summed E-state index contributed by atoms with van der Waals surface area (Å²) in [6, 6.07) is 7.63. The number of nitrogens with one attached hydrogen (secondary N) is 1. The van der Waals surface area contributed by atoms with Crippen LogP contribution >= 0.6 is 0 Å². The fourth-order valence-corrected chi connectivity index (χ4v) is 1.63. The second-order valence-corrected chi connectivity index (χ2v) is 6.21. The zero-order valence-corrected chi connectivity index (χ0v) is 11.9. The number of aryl methyl sites for hydroxylation is 1. The molecule has 0 aliphatic rings. The molecule has 1 aromatic rings. The van der Waals surface area contributed by atoms with Gasteiger partial charge in [-0.15, -0.1) is 0 Å². The van der Waals surface area contributed by atoms with Gasteiger partial charge in [-0.25, -0.2) is 4.79 Å². The predicted molar refractivity (Wildman–Crippen MR) is 73.6 cm³/mol. The van der Waals surface area contributed by atoms with Gasteiger partial charge >= 0.3 is 5.97 Å². The van der Waals surface area contributed by atoms with Crippen molar-refractivity contribution in [1.29, 1.82) is 0 Å². The highest BCUT2D eigenvalue weighted by atomic mass is 16.4. The molecule has 0 spiro atoms. The molecule has 0 fully saturated rings. The van der Waals surface area contributed by atoms with Gasteiger partial charge in [0.2, 0.25) is 0 Å². The fraction of sp³-hybridized carbons (Fsp3) is 0.533. The maximum atomic E-state index is 11.6. The molecule has 0 saturated carbocycles. The Labute approximate surface area is 109 Å². The predicted octanol–water partition coefficient (Wildman–Crippen LogP) is 2.93. The van der Waals surface area contributed by atoms with Gasteiger partial charge in [-0.1, -0.05) is 50.6 Å². The van der Waals surface area contributed by atoms with Crippen LogP contribution < -0.4 is 5.32 Å². The van der Waals surface area contributed by atoms with Crippen LogP contribution in [0.4, 0.5) is 0 Å². The number of aliphatic carboxylic acids is 1. The molecule has 0 aliphatic carbocycles. The molecule has 3 heteroatoms. The van der Waals surface area contributed by atoms with Crippen molar-refractivity contribution in [3.05, 3.63) is 35.4 Å². The Morgan fingerprint density at radius 2 is 1.67 bits per heavy atom. The minimum absolute atomic E-state index is 0.0431. The van der Waals surface area contributed by atoms with E-state index in [9.17, 15) is 9.90 Å². The topological polar surface area (TPSA) is 49.3 Å². The van der Waals surface area contributed by atoms with Gasteiger partial charge < -0.3 is 5.11 Å². The normalized spacial score (nSPS) is 15.2. The summed E-state index contributed by atoms with van der Waals surface area (Å²) in [7, 11) is 0. The molecule has 0 radical (unpaired) electrons. The van der Waals surface area contributed by atoms with Crippen molar-refractivity contribution in [2.45, 2.75) is 40.2 Å². The van der Waals surface area contributed by atoms with E-state index in [1.807, 2.05) is 31.2 Å². The molecule has 0 saturated heterocycles. The first-order valence-electron chi connectivity index (χ1n) is 6.21. The second kappa shape index (κ2) is 5.11. The zero-order valence-electron chi connectivity index (χ0n) is 11.9. The third-order valence-electron chi connectivity index (χ3n) is 3.03. The van der Waals surface area contributed by atoms with Crippen molar-refractivity contribution in [3.8, 4) is 0 Å². The van der Waals surface area contributed by atoms with Crippen LogP contribution in [-0.4, -0.2) is 17.6 Å². The SMILES string of the molecule is Cc1ccc(C(C)(NCC(C)(C)C)C(=O)O)cc1. The first-order valence-corrected chi connectivity index (χ1v) is 6.21. The molecule has 0 amide bonds. The van der Waals surface area contributed by atoms with E-state index in [0.717, 1.165) is 11.1 Å². The minimum atomic E-state index is -1.04. The summed E-state index contributed by atoms with van der Waals surface area (Å²) in [5.74, 6) is -0.851. The maximum Gasteiger partial charge on any atom is 0.328 e. The van der Waals surface area contributed by atoms with Gasteiger partial charge in [-0.3, -0.25) is 5.32 Å². The van der Waals surface area contributed by atoms with E-state index in [1.54, 1.807) is 6.92 Å². The first-order chi connectivity index (χ1) is 8.15. The lowest BCUT2D eigenvalue weighted by Gasteiger charge is -2.31. The van der Waals surface area contributed by atoms with Crippen LogP contribution in [0.25, 0.3) is 0 Å². The number of hydrogen-bond acceptors (Lipinski definition) is 2. The summed E-state index contributed by atoms with van der Waals surface area (Å²) < 4.78 is 0. The molecule has 0 heterocycles. The minimum Gasteiger partial charge on any atom is -0.480 e. The van der Waals surface area contributed by atoms with Gasteiger partial charge in [0.05, 0.1) is 0 Å². The third kappa shape index (κ3) is 3.57. The summed E-state index contributed by atoms with van der Waals surface area (Å²) in [6.07, 6.45) is 0. The van der Waals surface area contributed by atoms with Crippen molar-refractivity contribution in [2.75, 3.05) is 6.54 Å². The van der Waals surface area contributed by atoms with Gasteiger partial charge in [-0.2, -0.15) is 0 Å². The number of carboxylic acids is 1. The standard InChI is InChI=1S/C15H23NO2/c1-11-6-8-12(9-7-11)15(5,13(17)18)16-10-14(2,3)4/h6-9,16H,10H2,1-5H3,(H,17,18). The molecule has 1 rings (SSSR count). The van der Waals surface area contributed by atoms with Crippen molar-refractivity contribution in [3.63, 3.8) is 0 Å². The van der Waals surface area contributed by atoms with Crippen LogP contribution in [0.2, 0.25) is 0 Å². The molecule has 1 atom stereocenters. The lowest BCUT2D eigenvalue weighted by Crippen LogP contribution is -2.49. The first kappa shape index (κ1) is 14.7. The highest BCUT2D eigenvalue weighted by molar-refractivity contribution is 5.80. The van der Waals surface area contributed by atoms with Crippen molar-refractivity contribution < 1.29 is 9.90 Å². The molecule has 0 aliphatic heterocycles. The summed E-state index contributed by atoms with van der Waals surface area (Å²) in [6.45, 7) is 10.6. The van der Waals surface area contributed by atoms with Crippen LogP contribution in [0.5, 0.6) is 0 Å². The van der Waals surface area contributed by atoms with Gasteiger partial charge in [0.1, 0.15) is 5.54 Å². The number of benzene rings is 1. The monoisotopic (exact) mass is 249 g/mol. The smallest absolute Gasteiger partial charge is 0.328 e. The average molecular weight is 249 g/mol. The van der Waals surface area contributed by atoms with E-state index in [-0.39, 0.29) is 5.41 Å². The van der Waals surface area contributed by atoms with Crippen LogP contribution in [0.15, 0.2) is 24.3 Å². The van der Waals surface area contributed by atoms with E-state index in [2.05, 4.69) is 26.1 Å². The van der Waals surface area contributed by atoms with E-state index < -0.39 is 11.5 Å². The van der Waals surface area contributed by atoms with Crippen LogP contribution in [0, 0.1) is 12.3 Å². The number of carboxylic acid groups (broad SMARTS) is 1. The number of carbonyl (C=O) groups is 1. The average Bonchev–Trinajstić information content (AvgIpc) is 2.25. The Kier molecular flexibility index (Phi) is 4.17.